The van der Waals surface area contributed by atoms with E-state index in [2.05, 4.69) is 16.0 Å². The van der Waals surface area contributed by atoms with E-state index in [0.717, 1.165) is 0 Å². The zero-order valence-corrected chi connectivity index (χ0v) is 11.2. The second-order valence-electron chi connectivity index (χ2n) is 4.25. The highest BCUT2D eigenvalue weighted by Gasteiger charge is 2.20. The Kier molecular flexibility index (Phi) is 5.52. The lowest BCUT2D eigenvalue weighted by molar-refractivity contribution is -0.141. The van der Waals surface area contributed by atoms with E-state index in [1.54, 1.807) is 24.3 Å². The molecule has 1 aromatic carbocycles. The summed E-state index contributed by atoms with van der Waals surface area (Å²) < 4.78 is 0. The summed E-state index contributed by atoms with van der Waals surface area (Å²) in [6, 6.07) is 6.35. The van der Waals surface area contributed by atoms with Crippen molar-refractivity contribution in [1.82, 2.24) is 10.6 Å². The monoisotopic (exact) mass is 279 g/mol. The van der Waals surface area contributed by atoms with Crippen LogP contribution in [0.2, 0.25) is 0 Å². The topological polar surface area (TPSA) is 108 Å². The van der Waals surface area contributed by atoms with Crippen molar-refractivity contribution in [3.63, 3.8) is 0 Å². The van der Waals surface area contributed by atoms with Gasteiger partial charge in [0.2, 0.25) is 5.91 Å². The molecule has 0 heterocycles. The molecule has 0 bridgehead atoms. The lowest BCUT2D eigenvalue weighted by atomic mass is 10.2. The minimum absolute atomic E-state index is 0.540. The zero-order chi connectivity index (χ0) is 15.1. The van der Waals surface area contributed by atoms with Crippen LogP contribution in [0.4, 0.5) is 10.5 Å². The predicted octanol–water partition coefficient (Wildman–Crippen LogP) is 0.786. The number of hydrogen-bond donors (Lipinski definition) is 4. The molecule has 0 aromatic heterocycles. The van der Waals surface area contributed by atoms with Gasteiger partial charge in [0.15, 0.2) is 0 Å². The molecule has 0 unspecified atom stereocenters. The van der Waals surface area contributed by atoms with Crippen molar-refractivity contribution in [3.05, 3.63) is 30.3 Å². The van der Waals surface area contributed by atoms with Gasteiger partial charge in [-0.05, 0) is 26.0 Å². The molecule has 3 amide bonds. The number of nitrogens with one attached hydrogen (secondary N) is 3. The Balaban J connectivity index is 2.45. The quantitative estimate of drug-likeness (QED) is 0.639. The highest BCUT2D eigenvalue weighted by molar-refractivity contribution is 5.94. The number of anilines is 1. The van der Waals surface area contributed by atoms with E-state index in [4.69, 9.17) is 5.11 Å². The van der Waals surface area contributed by atoms with Crippen LogP contribution in [0.3, 0.4) is 0 Å². The number of carbonyl (C=O) groups is 3. The molecule has 0 saturated heterocycles. The molecular weight excluding hydrogens is 262 g/mol. The molecule has 0 aliphatic carbocycles. The number of hydrogen-bond acceptors (Lipinski definition) is 3. The summed E-state index contributed by atoms with van der Waals surface area (Å²) in [6.07, 6.45) is 0. The van der Waals surface area contributed by atoms with Crippen molar-refractivity contribution in [2.45, 2.75) is 25.9 Å². The maximum absolute atomic E-state index is 11.6. The molecule has 0 spiro atoms. The molecule has 0 aliphatic rings. The number of benzene rings is 1. The summed E-state index contributed by atoms with van der Waals surface area (Å²) in [4.78, 5) is 33.9. The summed E-state index contributed by atoms with van der Waals surface area (Å²) in [7, 11) is 0. The first-order valence-corrected chi connectivity index (χ1v) is 6.06. The lowest BCUT2D eigenvalue weighted by Crippen LogP contribution is -2.50. The Morgan fingerprint density at radius 2 is 1.60 bits per heavy atom. The molecule has 0 saturated carbocycles. The van der Waals surface area contributed by atoms with Gasteiger partial charge in [0, 0.05) is 5.69 Å². The number of para-hydroxylation sites is 1. The van der Waals surface area contributed by atoms with Gasteiger partial charge in [-0.25, -0.2) is 4.79 Å². The van der Waals surface area contributed by atoms with E-state index in [1.807, 2.05) is 6.07 Å². The van der Waals surface area contributed by atoms with Gasteiger partial charge >= 0.3 is 12.0 Å². The average molecular weight is 279 g/mol. The molecule has 108 valence electrons. The molecule has 2 atom stereocenters. The Bertz CT molecular complexity index is 490. The largest absolute Gasteiger partial charge is 0.480 e. The lowest BCUT2D eigenvalue weighted by Gasteiger charge is -2.16. The Morgan fingerprint density at radius 3 is 2.15 bits per heavy atom. The van der Waals surface area contributed by atoms with Crippen LogP contribution in [0.15, 0.2) is 30.3 Å². The number of carbonyl (C=O) groups excluding carboxylic acids is 2. The first-order valence-electron chi connectivity index (χ1n) is 6.06. The van der Waals surface area contributed by atoms with Crippen molar-refractivity contribution in [2.75, 3.05) is 5.32 Å². The summed E-state index contributed by atoms with van der Waals surface area (Å²) in [5.74, 6) is -1.71. The SMILES string of the molecule is C[C@H](NC(=O)[C@H](C)NC(=O)Nc1ccccc1)C(=O)O. The third kappa shape index (κ3) is 4.97. The van der Waals surface area contributed by atoms with Crippen molar-refractivity contribution >= 4 is 23.6 Å². The fourth-order valence-corrected chi connectivity index (χ4v) is 1.35. The number of urea groups is 1. The van der Waals surface area contributed by atoms with Crippen molar-refractivity contribution < 1.29 is 19.5 Å². The van der Waals surface area contributed by atoms with Crippen molar-refractivity contribution in [1.29, 1.82) is 0 Å². The second-order valence-corrected chi connectivity index (χ2v) is 4.25. The minimum atomic E-state index is -1.14. The van der Waals surface area contributed by atoms with Crippen LogP contribution in [0.5, 0.6) is 0 Å². The molecule has 7 heteroatoms. The minimum Gasteiger partial charge on any atom is -0.480 e. The van der Waals surface area contributed by atoms with Crippen molar-refractivity contribution in [3.8, 4) is 0 Å². The Labute approximate surface area is 116 Å². The number of aliphatic carboxylic acids is 1. The van der Waals surface area contributed by atoms with Gasteiger partial charge in [0.25, 0.3) is 0 Å². The third-order valence-electron chi connectivity index (χ3n) is 2.50. The number of amides is 3. The normalized spacial score (nSPS) is 12.9. The number of rotatable bonds is 5. The van der Waals surface area contributed by atoms with Crippen LogP contribution in [-0.4, -0.2) is 35.1 Å². The molecule has 20 heavy (non-hydrogen) atoms. The van der Waals surface area contributed by atoms with Gasteiger partial charge in [-0.2, -0.15) is 0 Å². The fourth-order valence-electron chi connectivity index (χ4n) is 1.35. The molecule has 1 aromatic rings. The first-order chi connectivity index (χ1) is 9.40. The predicted molar refractivity (Wildman–Crippen MR) is 73.3 cm³/mol. The molecule has 1 rings (SSSR count). The standard InChI is InChI=1S/C13H17N3O4/c1-8(11(17)14-9(2)12(18)19)15-13(20)16-10-6-4-3-5-7-10/h3-9H,1-2H3,(H,14,17)(H,18,19)(H2,15,16,20)/t8-,9-/m0/s1. The van der Waals surface area contributed by atoms with Gasteiger partial charge < -0.3 is 21.1 Å². The number of carboxylic acid groups (broad SMARTS) is 1. The van der Waals surface area contributed by atoms with E-state index in [-0.39, 0.29) is 0 Å². The molecule has 7 nitrogen and oxygen atoms in total. The van der Waals surface area contributed by atoms with Crippen LogP contribution >= 0.6 is 0 Å². The smallest absolute Gasteiger partial charge is 0.325 e. The van der Waals surface area contributed by atoms with Gasteiger partial charge in [-0.3, -0.25) is 9.59 Å². The first kappa shape index (κ1) is 15.5. The molecular formula is C13H17N3O4. The molecule has 0 aliphatic heterocycles. The van der Waals surface area contributed by atoms with Crippen LogP contribution in [0.1, 0.15) is 13.8 Å². The van der Waals surface area contributed by atoms with Gasteiger partial charge in [0.1, 0.15) is 12.1 Å². The van der Waals surface area contributed by atoms with E-state index in [0.29, 0.717) is 5.69 Å². The van der Waals surface area contributed by atoms with Gasteiger partial charge in [0.05, 0.1) is 0 Å². The molecule has 4 N–H and O–H groups in total. The Hall–Kier alpha value is -2.57. The maximum Gasteiger partial charge on any atom is 0.325 e. The van der Waals surface area contributed by atoms with E-state index in [1.165, 1.54) is 13.8 Å². The highest BCUT2D eigenvalue weighted by Crippen LogP contribution is 2.04. The Morgan fingerprint density at radius 1 is 1.00 bits per heavy atom. The van der Waals surface area contributed by atoms with Crippen LogP contribution in [-0.2, 0) is 9.59 Å². The molecule has 0 fully saturated rings. The van der Waals surface area contributed by atoms with Crippen LogP contribution < -0.4 is 16.0 Å². The zero-order valence-electron chi connectivity index (χ0n) is 11.2. The van der Waals surface area contributed by atoms with Crippen LogP contribution in [0, 0.1) is 0 Å². The van der Waals surface area contributed by atoms with E-state index < -0.39 is 30.0 Å². The van der Waals surface area contributed by atoms with E-state index in [9.17, 15) is 14.4 Å². The second kappa shape index (κ2) is 7.13. The fraction of sp³-hybridized carbons (Fsp3) is 0.308. The van der Waals surface area contributed by atoms with Crippen LogP contribution in [0.25, 0.3) is 0 Å². The van der Waals surface area contributed by atoms with Gasteiger partial charge in [-0.1, -0.05) is 18.2 Å². The average Bonchev–Trinajstić information content (AvgIpc) is 2.39. The number of carboxylic acids is 1. The highest BCUT2D eigenvalue weighted by atomic mass is 16.4. The summed E-state index contributed by atoms with van der Waals surface area (Å²) in [5.41, 5.74) is 0.594. The maximum atomic E-state index is 11.6. The van der Waals surface area contributed by atoms with Gasteiger partial charge in [-0.15, -0.1) is 0 Å². The van der Waals surface area contributed by atoms with E-state index >= 15 is 0 Å². The summed E-state index contributed by atoms with van der Waals surface area (Å²) in [5, 5.41) is 15.9. The summed E-state index contributed by atoms with van der Waals surface area (Å²) in [6.45, 7) is 2.81. The summed E-state index contributed by atoms with van der Waals surface area (Å²) >= 11 is 0. The third-order valence-corrected chi connectivity index (χ3v) is 2.50. The van der Waals surface area contributed by atoms with Crippen molar-refractivity contribution in [2.24, 2.45) is 0 Å². The molecule has 0 radical (unpaired) electrons.